The molecule has 1 saturated carbocycles. The van der Waals surface area contributed by atoms with Crippen molar-refractivity contribution in [3.63, 3.8) is 0 Å². The minimum atomic E-state index is -0.783. The maximum Gasteiger partial charge on any atom is 0.305 e. The number of hydrogen-bond acceptors (Lipinski definition) is 7. The lowest BCUT2D eigenvalue weighted by atomic mass is 9.82. The van der Waals surface area contributed by atoms with E-state index in [1.807, 2.05) is 0 Å². The first-order valence-corrected chi connectivity index (χ1v) is 8.35. The van der Waals surface area contributed by atoms with E-state index in [1.165, 1.54) is 18.4 Å². The summed E-state index contributed by atoms with van der Waals surface area (Å²) in [6.45, 7) is 0. The van der Waals surface area contributed by atoms with Crippen LogP contribution < -0.4 is 11.1 Å². The minimum Gasteiger partial charge on any atom is -0.469 e. The first-order valence-electron chi connectivity index (χ1n) is 7.53. The van der Waals surface area contributed by atoms with Gasteiger partial charge in [0.05, 0.1) is 12.6 Å². The van der Waals surface area contributed by atoms with Gasteiger partial charge in [-0.25, -0.2) is 0 Å². The number of aromatic nitrogens is 2. The molecule has 0 spiro atoms. The number of nitrogens with zero attached hydrogens (tertiary/aromatic N) is 2. The molecule has 0 aliphatic heterocycles. The van der Waals surface area contributed by atoms with E-state index in [9.17, 15) is 9.59 Å². The molecule has 22 heavy (non-hydrogen) atoms. The summed E-state index contributed by atoms with van der Waals surface area (Å²) in [4.78, 5) is 23.3. The monoisotopic (exact) mass is 326 g/mol. The summed E-state index contributed by atoms with van der Waals surface area (Å²) in [7, 11) is 1.37. The van der Waals surface area contributed by atoms with Crippen LogP contribution in [0.1, 0.15) is 50.0 Å². The predicted octanol–water partition coefficient (Wildman–Crippen LogP) is 1.63. The number of esters is 1. The lowest BCUT2D eigenvalue weighted by Gasteiger charge is -2.31. The Morgan fingerprint density at radius 1 is 1.32 bits per heavy atom. The van der Waals surface area contributed by atoms with Gasteiger partial charge in [0.2, 0.25) is 11.0 Å². The fraction of sp³-hybridized carbons (Fsp3) is 0.714. The predicted molar refractivity (Wildman–Crippen MR) is 83.5 cm³/mol. The summed E-state index contributed by atoms with van der Waals surface area (Å²) in [6.07, 6.45) is 6.16. The average Bonchev–Trinajstić information content (AvgIpc) is 2.95. The molecule has 0 unspecified atom stereocenters. The van der Waals surface area contributed by atoms with Crippen LogP contribution in [0.5, 0.6) is 0 Å². The van der Waals surface area contributed by atoms with E-state index in [0.29, 0.717) is 37.2 Å². The summed E-state index contributed by atoms with van der Waals surface area (Å²) in [5.74, 6) is -0.412. The Kier molecular flexibility index (Phi) is 5.84. The third-order valence-electron chi connectivity index (χ3n) is 3.88. The van der Waals surface area contributed by atoms with E-state index in [1.54, 1.807) is 0 Å². The van der Waals surface area contributed by atoms with E-state index in [2.05, 4.69) is 20.3 Å². The van der Waals surface area contributed by atoms with Gasteiger partial charge in [-0.15, -0.1) is 10.2 Å². The molecule has 1 aromatic heterocycles. The normalized spacial score (nSPS) is 17.0. The number of carbonyl (C=O) groups excluding carboxylic acids is 2. The Morgan fingerprint density at radius 2 is 2.05 bits per heavy atom. The van der Waals surface area contributed by atoms with Crippen LogP contribution >= 0.6 is 11.3 Å². The Balaban J connectivity index is 1.83. The molecule has 1 aliphatic rings. The third-order valence-corrected chi connectivity index (χ3v) is 4.78. The third kappa shape index (κ3) is 4.48. The highest BCUT2D eigenvalue weighted by Crippen LogP contribution is 2.27. The number of hydrogen-bond donors (Lipinski definition) is 2. The van der Waals surface area contributed by atoms with Crippen LogP contribution in [0.3, 0.4) is 0 Å². The Morgan fingerprint density at radius 3 is 2.73 bits per heavy atom. The molecular weight excluding hydrogens is 304 g/mol. The van der Waals surface area contributed by atoms with Gasteiger partial charge in [0.15, 0.2) is 0 Å². The van der Waals surface area contributed by atoms with Gasteiger partial charge >= 0.3 is 5.97 Å². The standard InChI is InChI=1S/C14H22N4O3S/c1-21-11(19)7-5-6-10-17-18-13(22-10)16-12(20)14(15)8-3-2-4-9-14/h2-9,15H2,1H3,(H,16,18,20). The van der Waals surface area contributed by atoms with Crippen molar-refractivity contribution in [2.45, 2.75) is 56.9 Å². The van der Waals surface area contributed by atoms with Crippen molar-refractivity contribution in [2.24, 2.45) is 5.73 Å². The quantitative estimate of drug-likeness (QED) is 0.769. The van der Waals surface area contributed by atoms with Crippen molar-refractivity contribution in [1.82, 2.24) is 10.2 Å². The molecule has 2 rings (SSSR count). The van der Waals surface area contributed by atoms with Gasteiger partial charge in [0, 0.05) is 12.8 Å². The smallest absolute Gasteiger partial charge is 0.305 e. The molecule has 1 aromatic rings. The number of amides is 1. The highest BCUT2D eigenvalue weighted by molar-refractivity contribution is 7.15. The zero-order valence-electron chi connectivity index (χ0n) is 12.8. The van der Waals surface area contributed by atoms with Crippen LogP contribution in [0.2, 0.25) is 0 Å². The molecule has 0 atom stereocenters. The first kappa shape index (κ1) is 16.8. The van der Waals surface area contributed by atoms with Gasteiger partial charge in [-0.05, 0) is 19.3 Å². The van der Waals surface area contributed by atoms with Gasteiger partial charge in [0.25, 0.3) is 0 Å². The fourth-order valence-electron chi connectivity index (χ4n) is 2.52. The van der Waals surface area contributed by atoms with E-state index in [-0.39, 0.29) is 11.9 Å². The Bertz CT molecular complexity index is 526. The van der Waals surface area contributed by atoms with Crippen molar-refractivity contribution in [3.05, 3.63) is 5.01 Å². The molecular formula is C14H22N4O3S. The minimum absolute atomic E-state index is 0.176. The van der Waals surface area contributed by atoms with Gasteiger partial charge in [-0.2, -0.15) is 0 Å². The first-order chi connectivity index (χ1) is 10.5. The average molecular weight is 326 g/mol. The van der Waals surface area contributed by atoms with Crippen molar-refractivity contribution in [1.29, 1.82) is 0 Å². The number of ether oxygens (including phenoxy) is 1. The number of rotatable bonds is 6. The zero-order valence-corrected chi connectivity index (χ0v) is 13.6. The lowest BCUT2D eigenvalue weighted by molar-refractivity contribution is -0.140. The van der Waals surface area contributed by atoms with E-state index >= 15 is 0 Å². The van der Waals surface area contributed by atoms with Crippen molar-refractivity contribution in [2.75, 3.05) is 12.4 Å². The lowest BCUT2D eigenvalue weighted by Crippen LogP contribution is -2.52. The van der Waals surface area contributed by atoms with Crippen molar-refractivity contribution in [3.8, 4) is 0 Å². The van der Waals surface area contributed by atoms with Crippen molar-refractivity contribution >= 4 is 28.3 Å². The zero-order chi connectivity index (χ0) is 16.0. The van der Waals surface area contributed by atoms with E-state index in [0.717, 1.165) is 24.3 Å². The number of nitrogens with two attached hydrogens (primary N) is 1. The number of nitrogens with one attached hydrogen (secondary N) is 1. The molecule has 0 saturated heterocycles. The second-order valence-corrected chi connectivity index (χ2v) is 6.66. The van der Waals surface area contributed by atoms with E-state index in [4.69, 9.17) is 5.73 Å². The molecule has 1 fully saturated rings. The summed E-state index contributed by atoms with van der Waals surface area (Å²) < 4.78 is 4.58. The number of aryl methyl sites for hydroxylation is 1. The fourth-order valence-corrected chi connectivity index (χ4v) is 3.30. The molecule has 1 aliphatic carbocycles. The molecule has 0 bridgehead atoms. The Hall–Kier alpha value is -1.54. The van der Waals surface area contributed by atoms with Crippen LogP contribution in [0.15, 0.2) is 0 Å². The van der Waals surface area contributed by atoms with Crippen LogP contribution in [0.4, 0.5) is 5.13 Å². The summed E-state index contributed by atoms with van der Waals surface area (Å²) in [5.41, 5.74) is 5.40. The second-order valence-electron chi connectivity index (χ2n) is 5.60. The molecule has 8 heteroatoms. The summed E-state index contributed by atoms with van der Waals surface area (Å²) in [5, 5.41) is 12.0. The van der Waals surface area contributed by atoms with Crippen molar-refractivity contribution < 1.29 is 14.3 Å². The molecule has 0 aromatic carbocycles. The van der Waals surface area contributed by atoms with Gasteiger partial charge in [-0.3, -0.25) is 14.9 Å². The molecule has 0 radical (unpaired) electrons. The van der Waals surface area contributed by atoms with Crippen LogP contribution in [0.25, 0.3) is 0 Å². The number of methoxy groups -OCH3 is 1. The largest absolute Gasteiger partial charge is 0.469 e. The van der Waals surface area contributed by atoms with Gasteiger partial charge < -0.3 is 10.5 Å². The maximum atomic E-state index is 12.3. The number of carbonyl (C=O) groups is 2. The van der Waals surface area contributed by atoms with Gasteiger partial charge in [0.1, 0.15) is 5.01 Å². The van der Waals surface area contributed by atoms with Crippen LogP contribution in [-0.4, -0.2) is 34.7 Å². The highest BCUT2D eigenvalue weighted by atomic mass is 32.1. The summed E-state index contributed by atoms with van der Waals surface area (Å²) >= 11 is 1.32. The molecule has 7 nitrogen and oxygen atoms in total. The topological polar surface area (TPSA) is 107 Å². The molecule has 1 amide bonds. The maximum absolute atomic E-state index is 12.3. The molecule has 1 heterocycles. The second kappa shape index (κ2) is 7.64. The molecule has 122 valence electrons. The van der Waals surface area contributed by atoms with Gasteiger partial charge in [-0.1, -0.05) is 30.6 Å². The van der Waals surface area contributed by atoms with Crippen LogP contribution in [-0.2, 0) is 20.7 Å². The molecule has 3 N–H and O–H groups in total. The van der Waals surface area contributed by atoms with E-state index < -0.39 is 5.54 Å². The van der Waals surface area contributed by atoms with Crippen LogP contribution in [0, 0.1) is 0 Å². The summed E-state index contributed by atoms with van der Waals surface area (Å²) in [6, 6.07) is 0. The number of anilines is 1. The SMILES string of the molecule is COC(=O)CCCc1nnc(NC(=O)C2(N)CCCCC2)s1. The Labute approximate surface area is 133 Å². The highest BCUT2D eigenvalue weighted by Gasteiger charge is 2.35.